The van der Waals surface area contributed by atoms with Crippen molar-refractivity contribution in [2.75, 3.05) is 19.6 Å². The fourth-order valence-electron chi connectivity index (χ4n) is 3.71. The van der Waals surface area contributed by atoms with Gasteiger partial charge in [0.2, 0.25) is 0 Å². The summed E-state index contributed by atoms with van der Waals surface area (Å²) in [5, 5.41) is 10.5. The first-order chi connectivity index (χ1) is 10.2. The van der Waals surface area contributed by atoms with Crippen LogP contribution < -0.4 is 0 Å². The van der Waals surface area contributed by atoms with Gasteiger partial charge in [-0.3, -0.25) is 0 Å². The summed E-state index contributed by atoms with van der Waals surface area (Å²) in [5.41, 5.74) is 0. The number of imidazole rings is 1. The number of aryl methyl sites for hydroxylation is 1. The summed E-state index contributed by atoms with van der Waals surface area (Å²) in [5.74, 6) is 2.01. The number of hydrogen-bond acceptors (Lipinski definition) is 3. The lowest BCUT2D eigenvalue weighted by molar-refractivity contribution is 0.0466. The average molecular weight is 289 g/mol. The van der Waals surface area contributed by atoms with E-state index in [0.717, 1.165) is 37.7 Å². The van der Waals surface area contributed by atoms with E-state index in [2.05, 4.69) is 22.0 Å². The van der Waals surface area contributed by atoms with Crippen molar-refractivity contribution in [3.63, 3.8) is 0 Å². The Morgan fingerprint density at radius 3 is 2.71 bits per heavy atom. The van der Waals surface area contributed by atoms with Gasteiger partial charge >= 0.3 is 0 Å². The maximum absolute atomic E-state index is 10.5. The van der Waals surface area contributed by atoms with Crippen molar-refractivity contribution >= 4 is 0 Å². The Morgan fingerprint density at radius 2 is 2.10 bits per heavy atom. The van der Waals surface area contributed by atoms with Gasteiger partial charge in [-0.25, -0.2) is 4.98 Å². The molecule has 2 aliphatic rings. The van der Waals surface area contributed by atoms with E-state index in [-0.39, 0.29) is 0 Å². The molecule has 3 rings (SSSR count). The minimum absolute atomic E-state index is 0.355. The zero-order valence-corrected chi connectivity index (χ0v) is 13.0. The van der Waals surface area contributed by atoms with Crippen molar-refractivity contribution < 1.29 is 5.11 Å². The molecule has 21 heavy (non-hydrogen) atoms. The predicted molar refractivity (Wildman–Crippen MR) is 83.8 cm³/mol. The van der Waals surface area contributed by atoms with E-state index < -0.39 is 6.10 Å². The maximum Gasteiger partial charge on any atom is 0.137 e. The Bertz CT molecular complexity index is 474. The van der Waals surface area contributed by atoms with Gasteiger partial charge in [-0.15, -0.1) is 0 Å². The van der Waals surface area contributed by atoms with E-state index in [4.69, 9.17) is 0 Å². The molecule has 1 aliphatic carbocycles. The van der Waals surface area contributed by atoms with Crippen LogP contribution in [0.3, 0.4) is 0 Å². The summed E-state index contributed by atoms with van der Waals surface area (Å²) in [4.78, 5) is 6.88. The number of aliphatic hydroxyl groups is 1. The van der Waals surface area contributed by atoms with Gasteiger partial charge in [0.25, 0.3) is 0 Å². The van der Waals surface area contributed by atoms with Crippen LogP contribution in [0.25, 0.3) is 0 Å². The van der Waals surface area contributed by atoms with Gasteiger partial charge in [-0.1, -0.05) is 12.2 Å². The third-order valence-corrected chi connectivity index (χ3v) is 5.10. The lowest BCUT2D eigenvalue weighted by Crippen LogP contribution is -2.39. The predicted octanol–water partition coefficient (Wildman–Crippen LogP) is 2.52. The number of aliphatic hydroxyl groups excluding tert-OH is 1. The Kier molecular flexibility index (Phi) is 4.76. The first-order valence-corrected chi connectivity index (χ1v) is 8.26. The maximum atomic E-state index is 10.5. The number of nitrogens with zero attached hydrogens (tertiary/aromatic N) is 3. The Morgan fingerprint density at radius 1 is 1.29 bits per heavy atom. The SMILES string of the molecule is Cn1ccnc1C(O)C1CCN(CC2CC=CCC2)CC1. The highest BCUT2D eigenvalue weighted by atomic mass is 16.3. The number of piperidine rings is 1. The van der Waals surface area contributed by atoms with Gasteiger partial charge < -0.3 is 14.6 Å². The Hall–Kier alpha value is -1.13. The van der Waals surface area contributed by atoms with E-state index >= 15 is 0 Å². The molecule has 1 N–H and O–H groups in total. The van der Waals surface area contributed by atoms with Crippen molar-refractivity contribution in [1.82, 2.24) is 14.5 Å². The Labute approximate surface area is 127 Å². The molecule has 0 aromatic carbocycles. The molecule has 0 saturated carbocycles. The summed E-state index contributed by atoms with van der Waals surface area (Å²) >= 11 is 0. The molecule has 4 nitrogen and oxygen atoms in total. The van der Waals surface area contributed by atoms with Gasteiger partial charge in [0, 0.05) is 26.0 Å². The minimum atomic E-state index is -0.412. The van der Waals surface area contributed by atoms with Crippen molar-refractivity contribution in [2.24, 2.45) is 18.9 Å². The normalized spacial score (nSPS) is 26.1. The second-order valence-electron chi connectivity index (χ2n) is 6.63. The molecule has 116 valence electrons. The van der Waals surface area contributed by atoms with Gasteiger partial charge in [0.15, 0.2) is 0 Å². The van der Waals surface area contributed by atoms with Crippen LogP contribution in [-0.4, -0.2) is 39.2 Å². The van der Waals surface area contributed by atoms with Crippen LogP contribution in [0.5, 0.6) is 0 Å². The number of aromatic nitrogens is 2. The van der Waals surface area contributed by atoms with E-state index in [1.54, 1.807) is 6.20 Å². The van der Waals surface area contributed by atoms with E-state index in [9.17, 15) is 5.11 Å². The van der Waals surface area contributed by atoms with Gasteiger partial charge in [-0.05, 0) is 57.0 Å². The summed E-state index contributed by atoms with van der Waals surface area (Å²) < 4.78 is 1.94. The number of hydrogen-bond donors (Lipinski definition) is 1. The Balaban J connectivity index is 1.48. The fourth-order valence-corrected chi connectivity index (χ4v) is 3.71. The van der Waals surface area contributed by atoms with Crippen molar-refractivity contribution in [3.05, 3.63) is 30.4 Å². The highest BCUT2D eigenvalue weighted by Crippen LogP contribution is 2.30. The van der Waals surface area contributed by atoms with Gasteiger partial charge in [-0.2, -0.15) is 0 Å². The van der Waals surface area contributed by atoms with Crippen LogP contribution in [0.2, 0.25) is 0 Å². The summed E-state index contributed by atoms with van der Waals surface area (Å²) in [6.07, 6.45) is 13.9. The van der Waals surface area contributed by atoms with Gasteiger partial charge in [0.1, 0.15) is 11.9 Å². The average Bonchev–Trinajstić information content (AvgIpc) is 2.94. The van der Waals surface area contributed by atoms with Crippen molar-refractivity contribution in [3.8, 4) is 0 Å². The monoisotopic (exact) mass is 289 g/mol. The van der Waals surface area contributed by atoms with Gasteiger partial charge in [0.05, 0.1) is 0 Å². The van der Waals surface area contributed by atoms with Crippen LogP contribution in [-0.2, 0) is 7.05 Å². The van der Waals surface area contributed by atoms with Crippen molar-refractivity contribution in [1.29, 1.82) is 0 Å². The first-order valence-electron chi connectivity index (χ1n) is 8.26. The molecule has 1 saturated heterocycles. The molecular formula is C17H27N3O. The molecule has 0 spiro atoms. The summed E-state index contributed by atoms with van der Waals surface area (Å²) in [6, 6.07) is 0. The molecular weight excluding hydrogens is 262 g/mol. The molecule has 1 aromatic heterocycles. The quantitative estimate of drug-likeness (QED) is 0.866. The summed E-state index contributed by atoms with van der Waals surface area (Å²) in [7, 11) is 1.96. The molecule has 1 fully saturated rings. The molecule has 0 radical (unpaired) electrons. The second-order valence-corrected chi connectivity index (χ2v) is 6.63. The lowest BCUT2D eigenvalue weighted by atomic mass is 9.89. The third kappa shape index (κ3) is 3.55. The lowest BCUT2D eigenvalue weighted by Gasteiger charge is -2.36. The molecule has 1 aliphatic heterocycles. The molecule has 2 heterocycles. The molecule has 0 amide bonds. The highest BCUT2D eigenvalue weighted by molar-refractivity contribution is 4.99. The van der Waals surface area contributed by atoms with E-state index in [1.807, 2.05) is 17.8 Å². The first kappa shape index (κ1) is 14.8. The molecule has 2 atom stereocenters. The van der Waals surface area contributed by atoms with Crippen LogP contribution in [0.4, 0.5) is 0 Å². The second kappa shape index (κ2) is 6.75. The number of allylic oxidation sites excluding steroid dienone is 2. The zero-order valence-electron chi connectivity index (χ0n) is 13.0. The molecule has 0 bridgehead atoms. The van der Waals surface area contributed by atoms with E-state index in [0.29, 0.717) is 5.92 Å². The molecule has 4 heteroatoms. The number of likely N-dealkylation sites (tertiary alicyclic amines) is 1. The fraction of sp³-hybridized carbons (Fsp3) is 0.706. The standard InChI is InChI=1S/C17H27N3O/c1-19-12-9-18-17(19)16(21)15-7-10-20(11-8-15)13-14-5-3-2-4-6-14/h2-3,9,12,14-16,21H,4-8,10-11,13H2,1H3. The van der Waals surface area contributed by atoms with E-state index in [1.165, 1.54) is 25.8 Å². The zero-order chi connectivity index (χ0) is 14.7. The topological polar surface area (TPSA) is 41.3 Å². The van der Waals surface area contributed by atoms with Crippen LogP contribution in [0.15, 0.2) is 24.5 Å². The largest absolute Gasteiger partial charge is 0.385 e. The van der Waals surface area contributed by atoms with Crippen LogP contribution >= 0.6 is 0 Å². The number of rotatable bonds is 4. The molecule has 2 unspecified atom stereocenters. The smallest absolute Gasteiger partial charge is 0.137 e. The summed E-state index contributed by atoms with van der Waals surface area (Å²) in [6.45, 7) is 3.47. The van der Waals surface area contributed by atoms with Crippen molar-refractivity contribution in [2.45, 2.75) is 38.2 Å². The third-order valence-electron chi connectivity index (χ3n) is 5.10. The van der Waals surface area contributed by atoms with Crippen LogP contribution in [0.1, 0.15) is 44.0 Å². The minimum Gasteiger partial charge on any atom is -0.385 e. The molecule has 1 aromatic rings. The van der Waals surface area contributed by atoms with Crippen LogP contribution in [0, 0.1) is 11.8 Å². The highest BCUT2D eigenvalue weighted by Gasteiger charge is 2.29.